The average Bonchev–Trinajstić information content (AvgIpc) is 4.20. The molecule has 0 bridgehead atoms. The Bertz CT molecular complexity index is 3880. The van der Waals surface area contributed by atoms with E-state index in [2.05, 4.69) is 39.9 Å². The summed E-state index contributed by atoms with van der Waals surface area (Å²) >= 11 is 0. The second-order valence-electron chi connectivity index (χ2n) is 16.4. The highest BCUT2D eigenvalue weighted by molar-refractivity contribution is 5.83. The van der Waals surface area contributed by atoms with E-state index in [1.54, 1.807) is 54.4 Å². The van der Waals surface area contributed by atoms with Crippen LogP contribution in [0.1, 0.15) is 37.6 Å². The fourth-order valence-corrected chi connectivity index (χ4v) is 7.51. The number of anilines is 2. The molecule has 372 valence electrons. The fourth-order valence-electron chi connectivity index (χ4n) is 7.51. The van der Waals surface area contributed by atoms with Gasteiger partial charge in [0.1, 0.15) is 25.3 Å². The second-order valence-corrected chi connectivity index (χ2v) is 16.4. The summed E-state index contributed by atoms with van der Waals surface area (Å²) in [5, 5.41) is 21.5. The van der Waals surface area contributed by atoms with Crippen LogP contribution in [0.4, 0.5) is 22.7 Å². The van der Waals surface area contributed by atoms with Gasteiger partial charge in [-0.1, -0.05) is 14.9 Å². The molecule has 8 aromatic heterocycles. The Morgan fingerprint density at radius 3 is 1.11 bits per heavy atom. The van der Waals surface area contributed by atoms with Crippen molar-refractivity contribution in [3.8, 4) is 22.7 Å². The van der Waals surface area contributed by atoms with Crippen LogP contribution in [0.2, 0.25) is 0 Å². The van der Waals surface area contributed by atoms with Crippen LogP contribution in [0.5, 0.6) is 0 Å². The Kier molecular flexibility index (Phi) is 15.5. The lowest BCUT2D eigenvalue weighted by Crippen LogP contribution is -1.94. The van der Waals surface area contributed by atoms with Crippen molar-refractivity contribution < 1.29 is 9.85 Å². The summed E-state index contributed by atoms with van der Waals surface area (Å²) in [6.07, 6.45) is 14.0. The average molecular weight is 989 g/mol. The molecule has 20 nitrogen and oxygen atoms in total. The summed E-state index contributed by atoms with van der Waals surface area (Å²) in [7, 11) is 0. The van der Waals surface area contributed by atoms with Gasteiger partial charge >= 0.3 is 0 Å². The van der Waals surface area contributed by atoms with E-state index in [4.69, 9.17) is 11.5 Å². The summed E-state index contributed by atoms with van der Waals surface area (Å²) in [5.74, 6) is 0. The molecule has 0 spiro atoms. The quantitative estimate of drug-likeness (QED) is 0.0892. The number of nitro benzene ring substituents is 2. The van der Waals surface area contributed by atoms with Gasteiger partial charge in [0.25, 0.3) is 11.4 Å². The van der Waals surface area contributed by atoms with Crippen molar-refractivity contribution in [2.45, 2.75) is 42.5 Å². The minimum absolute atomic E-state index is 0. The van der Waals surface area contributed by atoms with Crippen LogP contribution in [0.15, 0.2) is 171 Å². The first kappa shape index (κ1) is 51.6. The number of nitrogen functional groups attached to an aromatic ring is 2. The zero-order valence-electron chi connectivity index (χ0n) is 39.2. The van der Waals surface area contributed by atoms with Crippen molar-refractivity contribution in [2.75, 3.05) is 11.5 Å². The van der Waals surface area contributed by atoms with E-state index < -0.39 is 9.85 Å². The number of imidazole rings is 4. The molecule has 0 amide bonds. The molecule has 0 aliphatic carbocycles. The van der Waals surface area contributed by atoms with Crippen LogP contribution in [0.3, 0.4) is 0 Å². The van der Waals surface area contributed by atoms with Crippen LogP contribution in [0.25, 0.3) is 66.9 Å². The van der Waals surface area contributed by atoms with Crippen molar-refractivity contribution in [3.63, 3.8) is 0 Å². The number of fused-ring (bicyclic) bond motifs is 4. The summed E-state index contributed by atoms with van der Waals surface area (Å²) in [4.78, 5) is 54.8. The number of non-ortho nitro benzene ring substituents is 2. The number of rotatable bonds is 6. The van der Waals surface area contributed by atoms with Crippen molar-refractivity contribution >= 4 is 66.9 Å². The van der Waals surface area contributed by atoms with Gasteiger partial charge in [0.2, 0.25) is 0 Å². The molecule has 20 heteroatoms. The third kappa shape index (κ3) is 11.3. The summed E-state index contributed by atoms with van der Waals surface area (Å²) < 4.78 is 7.62. The van der Waals surface area contributed by atoms with E-state index in [9.17, 15) is 20.2 Å². The lowest BCUT2D eigenvalue weighted by Gasteiger charge is -2.04. The topological polar surface area (TPSA) is 261 Å². The first-order valence-corrected chi connectivity index (χ1v) is 22.2. The van der Waals surface area contributed by atoms with Gasteiger partial charge in [-0.2, -0.15) is 0 Å². The fraction of sp³-hybridized carbons (Fsp3) is 0.111. The van der Waals surface area contributed by atoms with Crippen LogP contribution < -0.4 is 11.5 Å². The standard InChI is InChI=1S/2C13H10N4O2.2C13H12N4.2CH4/c1-9-2-3-11(7-14-9)16-8-15-12-6-10(17(18)19)4-5-13(12)16;1-9-2-3-11(7-14-9)16-8-15-12-5-4-10(17(18)19)6-13(12)16;1-9-2-4-11(7-15-9)17-8-16-12-6-10(14)3-5-13(12)17;1-9-2-4-11(7-15-9)17-8-16-12-5-3-10(14)6-13(12)17;;/h2*2-8H,1H3;2*2-8H,14H2,1H3;2*1H4. The Morgan fingerprint density at radius 2 is 0.689 bits per heavy atom. The Hall–Kier alpha value is -10.2. The predicted octanol–water partition coefficient (Wildman–Crippen LogP) is 11.2. The monoisotopic (exact) mass is 988 g/mol. The first-order valence-electron chi connectivity index (χ1n) is 22.2. The SMILES string of the molecule is C.C.Cc1ccc(-n2cnc3cc(N)ccc32)cn1.Cc1ccc(-n2cnc3cc([N+](=O)[O-])ccc32)cn1.Cc1ccc(-n2cnc3ccc(N)cc32)cn1.Cc1ccc(-n2cnc3ccc([N+](=O)[O-])cc32)cn1. The van der Waals surface area contributed by atoms with Gasteiger partial charge in [-0.15, -0.1) is 0 Å². The molecule has 0 saturated carbocycles. The smallest absolute Gasteiger partial charge is 0.271 e. The van der Waals surface area contributed by atoms with E-state index in [1.807, 2.05) is 139 Å². The lowest BCUT2D eigenvalue weighted by atomic mass is 10.2. The molecule has 4 aromatic carbocycles. The highest BCUT2D eigenvalue weighted by Crippen LogP contribution is 2.25. The van der Waals surface area contributed by atoms with E-state index in [0.29, 0.717) is 16.6 Å². The number of nitrogens with zero attached hydrogens (tertiary/aromatic N) is 14. The predicted molar refractivity (Wildman–Crippen MR) is 290 cm³/mol. The molecule has 0 atom stereocenters. The molecule has 12 aromatic rings. The number of pyridine rings is 4. The number of benzene rings is 4. The third-order valence-electron chi connectivity index (χ3n) is 11.3. The maximum atomic E-state index is 10.8. The van der Waals surface area contributed by atoms with Crippen molar-refractivity contribution in [3.05, 3.63) is 214 Å². The number of aryl methyl sites for hydroxylation is 4. The molecule has 74 heavy (non-hydrogen) atoms. The van der Waals surface area contributed by atoms with Gasteiger partial charge in [0.05, 0.1) is 102 Å². The van der Waals surface area contributed by atoms with E-state index in [1.165, 1.54) is 24.3 Å². The molecule has 0 unspecified atom stereocenters. The Balaban J connectivity index is 0.000000143. The van der Waals surface area contributed by atoms with Gasteiger partial charge in [-0.3, -0.25) is 58.4 Å². The second kappa shape index (κ2) is 22.2. The van der Waals surface area contributed by atoms with E-state index >= 15 is 0 Å². The van der Waals surface area contributed by atoms with Crippen LogP contribution in [-0.4, -0.2) is 68.0 Å². The van der Waals surface area contributed by atoms with Gasteiger partial charge in [0, 0.05) is 58.4 Å². The number of aromatic nitrogens is 12. The van der Waals surface area contributed by atoms with Gasteiger partial charge in [-0.25, -0.2) is 19.9 Å². The van der Waals surface area contributed by atoms with Crippen molar-refractivity contribution in [1.29, 1.82) is 0 Å². The maximum absolute atomic E-state index is 10.8. The normalized spacial score (nSPS) is 10.5. The van der Waals surface area contributed by atoms with Crippen molar-refractivity contribution in [1.82, 2.24) is 58.1 Å². The molecule has 0 saturated heterocycles. The lowest BCUT2D eigenvalue weighted by molar-refractivity contribution is -0.384. The molecular weight excluding hydrogens is 937 g/mol. The summed E-state index contributed by atoms with van der Waals surface area (Å²) in [5.41, 5.74) is 27.3. The zero-order chi connectivity index (χ0) is 50.5. The molecule has 0 aliphatic heterocycles. The van der Waals surface area contributed by atoms with Crippen LogP contribution in [0, 0.1) is 47.9 Å². The van der Waals surface area contributed by atoms with Gasteiger partial charge in [0.15, 0.2) is 0 Å². The van der Waals surface area contributed by atoms with Crippen LogP contribution in [-0.2, 0) is 0 Å². The van der Waals surface area contributed by atoms with Gasteiger partial charge in [-0.05, 0) is 125 Å². The number of nitrogens with two attached hydrogens (primary N) is 2. The minimum atomic E-state index is -0.425. The highest BCUT2D eigenvalue weighted by atomic mass is 16.6. The van der Waals surface area contributed by atoms with Crippen molar-refractivity contribution in [2.24, 2.45) is 0 Å². The largest absolute Gasteiger partial charge is 0.399 e. The maximum Gasteiger partial charge on any atom is 0.271 e. The van der Waals surface area contributed by atoms with E-state index in [0.717, 1.165) is 84.5 Å². The molecule has 0 fully saturated rings. The zero-order valence-corrected chi connectivity index (χ0v) is 39.2. The number of nitro groups is 2. The number of hydrogen-bond acceptors (Lipinski definition) is 14. The third-order valence-corrected chi connectivity index (χ3v) is 11.3. The summed E-state index contributed by atoms with van der Waals surface area (Å²) in [6.45, 7) is 7.75. The van der Waals surface area contributed by atoms with E-state index in [-0.39, 0.29) is 26.2 Å². The first-order chi connectivity index (χ1) is 34.8. The minimum Gasteiger partial charge on any atom is -0.399 e. The molecule has 12 rings (SSSR count). The molecule has 4 N–H and O–H groups in total. The van der Waals surface area contributed by atoms with Crippen LogP contribution >= 0.6 is 0 Å². The molecule has 8 heterocycles. The summed E-state index contributed by atoms with van der Waals surface area (Å²) in [6, 6.07) is 36.3. The molecule has 0 radical (unpaired) electrons. The molecule has 0 aliphatic rings. The molecular formula is C54H52N16O4. The Labute approximate surface area is 424 Å². The number of hydrogen-bond donors (Lipinski definition) is 2. The highest BCUT2D eigenvalue weighted by Gasteiger charge is 2.13. The Morgan fingerprint density at radius 1 is 0.365 bits per heavy atom. The van der Waals surface area contributed by atoms with Gasteiger partial charge < -0.3 is 11.5 Å².